The van der Waals surface area contributed by atoms with E-state index in [9.17, 15) is 0 Å². The summed E-state index contributed by atoms with van der Waals surface area (Å²) >= 11 is 0. The minimum absolute atomic E-state index is 0.565. The van der Waals surface area contributed by atoms with Crippen molar-refractivity contribution in [3.05, 3.63) is 97.5 Å². The second-order valence-corrected chi connectivity index (χ2v) is 6.39. The molecule has 0 bridgehead atoms. The normalized spacial score (nSPS) is 10.9. The highest BCUT2D eigenvalue weighted by Crippen LogP contribution is 2.29. The van der Waals surface area contributed by atoms with Gasteiger partial charge in [-0.3, -0.25) is 0 Å². The Morgan fingerprint density at radius 3 is 1.36 bits per heavy atom. The fourth-order valence-electron chi connectivity index (χ4n) is 3.08. The summed E-state index contributed by atoms with van der Waals surface area (Å²) in [5, 5.41) is 0. The molecule has 5 rings (SSSR count). The standard InChI is InChI=1S/C24H16N2O2/c1-3-8-17(9-4-1)21-15-27-23(25-21)19-12-7-13-20(14-19)24-26-22(16-28-24)18-10-5-2-6-11-18/h1-16H. The number of hydrogen-bond donors (Lipinski definition) is 0. The number of aromatic nitrogens is 2. The Balaban J connectivity index is 1.46. The van der Waals surface area contributed by atoms with Crippen molar-refractivity contribution in [3.8, 4) is 45.4 Å². The molecule has 0 fully saturated rings. The zero-order valence-electron chi connectivity index (χ0n) is 14.9. The molecule has 0 saturated carbocycles. The molecule has 5 aromatic rings. The topological polar surface area (TPSA) is 52.1 Å². The molecule has 4 heteroatoms. The smallest absolute Gasteiger partial charge is 0.226 e. The van der Waals surface area contributed by atoms with Gasteiger partial charge in [-0.25, -0.2) is 9.97 Å². The number of oxazole rings is 2. The quantitative estimate of drug-likeness (QED) is 0.374. The average Bonchev–Trinajstić information content (AvgIpc) is 3.46. The van der Waals surface area contributed by atoms with Crippen molar-refractivity contribution >= 4 is 0 Å². The molecule has 0 aliphatic heterocycles. The van der Waals surface area contributed by atoms with Crippen LogP contribution in [0.2, 0.25) is 0 Å². The van der Waals surface area contributed by atoms with Gasteiger partial charge in [0.05, 0.1) is 0 Å². The van der Waals surface area contributed by atoms with Gasteiger partial charge in [-0.2, -0.15) is 0 Å². The van der Waals surface area contributed by atoms with Crippen molar-refractivity contribution in [2.45, 2.75) is 0 Å². The molecule has 0 amide bonds. The zero-order chi connectivity index (χ0) is 18.8. The summed E-state index contributed by atoms with van der Waals surface area (Å²) < 4.78 is 11.4. The first-order chi connectivity index (χ1) is 13.9. The molecule has 0 N–H and O–H groups in total. The van der Waals surface area contributed by atoms with E-state index in [0.29, 0.717) is 11.8 Å². The molecule has 0 saturated heterocycles. The van der Waals surface area contributed by atoms with Gasteiger partial charge in [-0.15, -0.1) is 0 Å². The second kappa shape index (κ2) is 7.00. The summed E-state index contributed by atoms with van der Waals surface area (Å²) in [6, 6.07) is 27.8. The average molecular weight is 364 g/mol. The molecule has 28 heavy (non-hydrogen) atoms. The van der Waals surface area contributed by atoms with Crippen LogP contribution >= 0.6 is 0 Å². The largest absolute Gasteiger partial charge is 0.444 e. The molecule has 4 nitrogen and oxygen atoms in total. The van der Waals surface area contributed by atoms with Crippen LogP contribution in [0, 0.1) is 0 Å². The molecular formula is C24H16N2O2. The van der Waals surface area contributed by atoms with Crippen LogP contribution in [0.15, 0.2) is 106 Å². The molecule has 3 aromatic carbocycles. The molecule has 2 aromatic heterocycles. The number of rotatable bonds is 4. The van der Waals surface area contributed by atoms with E-state index in [0.717, 1.165) is 33.6 Å². The Morgan fingerprint density at radius 2 is 0.893 bits per heavy atom. The molecule has 0 aliphatic carbocycles. The van der Waals surface area contributed by atoms with Crippen molar-refractivity contribution in [1.82, 2.24) is 9.97 Å². The summed E-state index contributed by atoms with van der Waals surface area (Å²) in [6.45, 7) is 0. The van der Waals surface area contributed by atoms with E-state index in [1.54, 1.807) is 12.5 Å². The van der Waals surface area contributed by atoms with Crippen molar-refractivity contribution in [1.29, 1.82) is 0 Å². The number of benzene rings is 3. The van der Waals surface area contributed by atoms with Gasteiger partial charge in [0.15, 0.2) is 0 Å². The lowest BCUT2D eigenvalue weighted by atomic mass is 10.1. The monoisotopic (exact) mass is 364 g/mol. The Labute approximate surface area is 162 Å². The van der Waals surface area contributed by atoms with Gasteiger partial charge in [0, 0.05) is 22.3 Å². The highest BCUT2D eigenvalue weighted by atomic mass is 16.3. The minimum atomic E-state index is 0.565. The molecule has 0 unspecified atom stereocenters. The lowest BCUT2D eigenvalue weighted by Gasteiger charge is -1.99. The molecular weight excluding hydrogens is 348 g/mol. The third-order valence-corrected chi connectivity index (χ3v) is 4.50. The van der Waals surface area contributed by atoms with Crippen molar-refractivity contribution in [2.24, 2.45) is 0 Å². The van der Waals surface area contributed by atoms with E-state index in [4.69, 9.17) is 8.83 Å². The SMILES string of the molecule is c1ccc(-c2coc(-c3cccc(-c4nc(-c5ccccc5)co4)c3)n2)cc1. The molecule has 0 spiro atoms. The van der Waals surface area contributed by atoms with E-state index >= 15 is 0 Å². The molecule has 2 heterocycles. The van der Waals surface area contributed by atoms with Crippen LogP contribution in [0.25, 0.3) is 45.4 Å². The van der Waals surface area contributed by atoms with Crippen LogP contribution in [-0.2, 0) is 0 Å². The maximum Gasteiger partial charge on any atom is 0.226 e. The van der Waals surface area contributed by atoms with Crippen LogP contribution < -0.4 is 0 Å². The fraction of sp³-hybridized carbons (Fsp3) is 0. The highest BCUT2D eigenvalue weighted by Gasteiger charge is 2.12. The van der Waals surface area contributed by atoms with E-state index < -0.39 is 0 Å². The molecule has 0 atom stereocenters. The maximum atomic E-state index is 5.71. The number of hydrogen-bond acceptors (Lipinski definition) is 4. The lowest BCUT2D eigenvalue weighted by Crippen LogP contribution is -1.83. The third-order valence-electron chi connectivity index (χ3n) is 4.50. The Kier molecular flexibility index (Phi) is 4.07. The Morgan fingerprint density at radius 1 is 0.464 bits per heavy atom. The highest BCUT2D eigenvalue weighted by molar-refractivity contribution is 5.69. The van der Waals surface area contributed by atoms with E-state index in [-0.39, 0.29) is 0 Å². The summed E-state index contributed by atoms with van der Waals surface area (Å²) in [6.07, 6.45) is 3.35. The molecule has 134 valence electrons. The first kappa shape index (κ1) is 16.3. The maximum absolute atomic E-state index is 5.71. The second-order valence-electron chi connectivity index (χ2n) is 6.39. The lowest BCUT2D eigenvalue weighted by molar-refractivity contribution is 0.572. The van der Waals surface area contributed by atoms with Crippen molar-refractivity contribution < 1.29 is 8.83 Å². The fourth-order valence-corrected chi connectivity index (χ4v) is 3.08. The van der Waals surface area contributed by atoms with Crippen LogP contribution in [0.4, 0.5) is 0 Å². The van der Waals surface area contributed by atoms with Crippen LogP contribution in [0.1, 0.15) is 0 Å². The van der Waals surface area contributed by atoms with E-state index in [1.165, 1.54) is 0 Å². The van der Waals surface area contributed by atoms with Gasteiger partial charge >= 0.3 is 0 Å². The first-order valence-electron chi connectivity index (χ1n) is 8.99. The Hall–Kier alpha value is -3.92. The predicted molar refractivity (Wildman–Crippen MR) is 108 cm³/mol. The van der Waals surface area contributed by atoms with Crippen LogP contribution in [0.3, 0.4) is 0 Å². The van der Waals surface area contributed by atoms with Gasteiger partial charge in [-0.05, 0) is 18.2 Å². The van der Waals surface area contributed by atoms with Crippen molar-refractivity contribution in [3.63, 3.8) is 0 Å². The van der Waals surface area contributed by atoms with Crippen LogP contribution in [-0.4, -0.2) is 9.97 Å². The van der Waals surface area contributed by atoms with Gasteiger partial charge in [0.25, 0.3) is 0 Å². The van der Waals surface area contributed by atoms with E-state index in [2.05, 4.69) is 9.97 Å². The third kappa shape index (κ3) is 3.12. The summed E-state index contributed by atoms with van der Waals surface area (Å²) in [5.41, 5.74) is 5.41. The predicted octanol–water partition coefficient (Wildman–Crippen LogP) is 6.33. The van der Waals surface area contributed by atoms with Gasteiger partial charge in [0.1, 0.15) is 23.9 Å². The number of nitrogens with zero attached hydrogens (tertiary/aromatic N) is 2. The van der Waals surface area contributed by atoms with Gasteiger partial charge < -0.3 is 8.83 Å². The van der Waals surface area contributed by atoms with Gasteiger partial charge in [0.2, 0.25) is 11.8 Å². The minimum Gasteiger partial charge on any atom is -0.444 e. The summed E-state index contributed by atoms with van der Waals surface area (Å²) in [5.74, 6) is 1.13. The summed E-state index contributed by atoms with van der Waals surface area (Å²) in [4.78, 5) is 9.24. The summed E-state index contributed by atoms with van der Waals surface area (Å²) in [7, 11) is 0. The zero-order valence-corrected chi connectivity index (χ0v) is 14.9. The first-order valence-corrected chi connectivity index (χ1v) is 8.99. The van der Waals surface area contributed by atoms with E-state index in [1.807, 2.05) is 84.9 Å². The molecule has 0 radical (unpaired) electrons. The molecule has 0 aliphatic rings. The van der Waals surface area contributed by atoms with Crippen molar-refractivity contribution in [2.75, 3.05) is 0 Å². The van der Waals surface area contributed by atoms with Crippen LogP contribution in [0.5, 0.6) is 0 Å². The van der Waals surface area contributed by atoms with Gasteiger partial charge in [-0.1, -0.05) is 66.7 Å². The Bertz CT molecular complexity index is 1110.